The topological polar surface area (TPSA) is 9.23 Å². The Morgan fingerprint density at radius 1 is 1.43 bits per heavy atom. The van der Waals surface area contributed by atoms with E-state index in [0.717, 1.165) is 12.8 Å². The van der Waals surface area contributed by atoms with E-state index in [1.807, 2.05) is 13.8 Å². The Labute approximate surface area is 88.8 Å². The maximum Gasteiger partial charge on any atom is 0.261 e. The van der Waals surface area contributed by atoms with Crippen molar-refractivity contribution in [2.75, 3.05) is 6.61 Å². The number of hydrogen-bond donors (Lipinski definition) is 0. The quantitative estimate of drug-likeness (QED) is 0.653. The van der Waals surface area contributed by atoms with Crippen molar-refractivity contribution in [3.8, 4) is 0 Å². The average Bonchev–Trinajstić information content (AvgIpc) is 2.14. The molecule has 0 aromatic carbocycles. The van der Waals surface area contributed by atoms with Crippen LogP contribution in [0.4, 0.5) is 8.78 Å². The molecule has 2 atom stereocenters. The molecule has 0 aliphatic heterocycles. The molecule has 0 spiro atoms. The zero-order chi connectivity index (χ0) is 10.8. The van der Waals surface area contributed by atoms with Gasteiger partial charge in [-0.05, 0) is 19.3 Å². The molecule has 1 aliphatic rings. The van der Waals surface area contributed by atoms with Crippen molar-refractivity contribution in [2.45, 2.75) is 51.0 Å². The summed E-state index contributed by atoms with van der Waals surface area (Å²) in [6, 6.07) is 0. The molecular formula is C10H17ClF2O. The van der Waals surface area contributed by atoms with E-state index in [1.165, 1.54) is 0 Å². The van der Waals surface area contributed by atoms with Crippen molar-refractivity contribution in [1.29, 1.82) is 0 Å². The first-order valence-corrected chi connectivity index (χ1v) is 5.54. The fourth-order valence-corrected chi connectivity index (χ4v) is 2.88. The van der Waals surface area contributed by atoms with E-state index in [-0.39, 0.29) is 16.9 Å². The Bertz CT molecular complexity index is 183. The Morgan fingerprint density at radius 3 is 2.36 bits per heavy atom. The first-order valence-electron chi connectivity index (χ1n) is 5.10. The van der Waals surface area contributed by atoms with E-state index in [1.54, 1.807) is 0 Å². The molecule has 0 amide bonds. The van der Waals surface area contributed by atoms with Crippen LogP contribution >= 0.6 is 11.6 Å². The van der Waals surface area contributed by atoms with Crippen LogP contribution in [0.1, 0.15) is 33.1 Å². The number of halogens is 3. The molecule has 1 fully saturated rings. The number of ether oxygens (including phenoxy) is 1. The highest BCUT2D eigenvalue weighted by Gasteiger charge is 2.52. The van der Waals surface area contributed by atoms with Gasteiger partial charge < -0.3 is 4.74 Å². The number of rotatable bonds is 5. The normalized spacial score (nSPS) is 30.4. The second-order valence-electron chi connectivity index (χ2n) is 3.86. The highest BCUT2D eigenvalue weighted by Crippen LogP contribution is 2.51. The molecule has 0 aromatic rings. The zero-order valence-electron chi connectivity index (χ0n) is 8.60. The van der Waals surface area contributed by atoms with Crippen LogP contribution in [-0.2, 0) is 4.74 Å². The molecule has 1 nitrogen and oxygen atoms in total. The Kier molecular flexibility index (Phi) is 4.14. The summed E-state index contributed by atoms with van der Waals surface area (Å²) in [6.07, 6.45) is 0.0393. The first-order chi connectivity index (χ1) is 6.56. The van der Waals surface area contributed by atoms with Gasteiger partial charge in [0.05, 0.1) is 6.10 Å². The molecule has 14 heavy (non-hydrogen) atoms. The third-order valence-corrected chi connectivity index (χ3v) is 4.04. The van der Waals surface area contributed by atoms with Crippen LogP contribution in [0, 0.1) is 5.41 Å². The van der Waals surface area contributed by atoms with Crippen molar-refractivity contribution in [3.05, 3.63) is 0 Å². The van der Waals surface area contributed by atoms with Crippen molar-refractivity contribution in [1.82, 2.24) is 0 Å². The molecule has 0 N–H and O–H groups in total. The average molecular weight is 227 g/mol. The lowest BCUT2D eigenvalue weighted by molar-refractivity contribution is -0.135. The van der Waals surface area contributed by atoms with Crippen molar-refractivity contribution < 1.29 is 13.5 Å². The highest BCUT2D eigenvalue weighted by molar-refractivity contribution is 6.21. The molecule has 0 radical (unpaired) electrons. The van der Waals surface area contributed by atoms with Gasteiger partial charge in [0.15, 0.2) is 0 Å². The molecule has 0 saturated heterocycles. The van der Waals surface area contributed by atoms with Crippen LogP contribution in [0.2, 0.25) is 0 Å². The molecule has 2 unspecified atom stereocenters. The van der Waals surface area contributed by atoms with E-state index < -0.39 is 13.0 Å². The van der Waals surface area contributed by atoms with Gasteiger partial charge in [-0.1, -0.05) is 13.8 Å². The SMILES string of the molecule is CCC1(CC)C(Cl)CC1OCC(F)F. The lowest BCUT2D eigenvalue weighted by Crippen LogP contribution is -2.55. The summed E-state index contributed by atoms with van der Waals surface area (Å²) in [5.74, 6) is 0. The summed E-state index contributed by atoms with van der Waals surface area (Å²) in [7, 11) is 0. The van der Waals surface area contributed by atoms with Crippen molar-refractivity contribution in [2.24, 2.45) is 5.41 Å². The van der Waals surface area contributed by atoms with Crippen LogP contribution in [0.5, 0.6) is 0 Å². The van der Waals surface area contributed by atoms with Crippen molar-refractivity contribution in [3.63, 3.8) is 0 Å². The monoisotopic (exact) mass is 226 g/mol. The van der Waals surface area contributed by atoms with Gasteiger partial charge >= 0.3 is 0 Å². The maximum absolute atomic E-state index is 12.0. The van der Waals surface area contributed by atoms with Crippen LogP contribution in [0.25, 0.3) is 0 Å². The van der Waals surface area contributed by atoms with Gasteiger partial charge in [0.1, 0.15) is 6.61 Å². The van der Waals surface area contributed by atoms with Crippen molar-refractivity contribution >= 4 is 11.6 Å². The lowest BCUT2D eigenvalue weighted by Gasteiger charge is -2.52. The van der Waals surface area contributed by atoms with Gasteiger partial charge in [-0.3, -0.25) is 0 Å². The Morgan fingerprint density at radius 2 is 2.00 bits per heavy atom. The minimum Gasteiger partial charge on any atom is -0.372 e. The molecular weight excluding hydrogens is 210 g/mol. The van der Waals surface area contributed by atoms with Gasteiger partial charge in [-0.25, -0.2) is 8.78 Å². The fourth-order valence-electron chi connectivity index (χ4n) is 2.27. The third-order valence-electron chi connectivity index (χ3n) is 3.43. The summed E-state index contributed by atoms with van der Waals surface area (Å²) < 4.78 is 29.1. The van der Waals surface area contributed by atoms with E-state index in [0.29, 0.717) is 6.42 Å². The van der Waals surface area contributed by atoms with Crippen LogP contribution in [0.3, 0.4) is 0 Å². The highest BCUT2D eigenvalue weighted by atomic mass is 35.5. The van der Waals surface area contributed by atoms with Gasteiger partial charge in [0.2, 0.25) is 0 Å². The molecule has 1 rings (SSSR count). The second-order valence-corrected chi connectivity index (χ2v) is 4.38. The predicted molar refractivity (Wildman–Crippen MR) is 53.0 cm³/mol. The molecule has 0 heterocycles. The minimum atomic E-state index is -2.38. The smallest absolute Gasteiger partial charge is 0.261 e. The molecule has 0 bridgehead atoms. The largest absolute Gasteiger partial charge is 0.372 e. The summed E-state index contributed by atoms with van der Waals surface area (Å²) in [5, 5.41) is 0.0835. The first kappa shape index (κ1) is 12.2. The Hall–Kier alpha value is 0.110. The van der Waals surface area contributed by atoms with Crippen LogP contribution in [-0.4, -0.2) is 24.5 Å². The summed E-state index contributed by atoms with van der Waals surface area (Å²) in [6.45, 7) is 3.61. The van der Waals surface area contributed by atoms with Gasteiger partial charge in [-0.2, -0.15) is 0 Å². The van der Waals surface area contributed by atoms with Gasteiger partial charge in [0.25, 0.3) is 6.43 Å². The molecule has 4 heteroatoms. The van der Waals surface area contributed by atoms with Gasteiger partial charge in [0, 0.05) is 10.8 Å². The molecule has 84 valence electrons. The van der Waals surface area contributed by atoms with Crippen LogP contribution < -0.4 is 0 Å². The lowest BCUT2D eigenvalue weighted by atomic mass is 9.62. The maximum atomic E-state index is 12.0. The standard InChI is InChI=1S/C10H17ClF2O/c1-3-10(4-2)7(11)5-8(10)14-6-9(12)13/h7-9H,3-6H2,1-2H3. The molecule has 1 aliphatic carbocycles. The summed E-state index contributed by atoms with van der Waals surface area (Å²) in [4.78, 5) is 0. The Balaban J connectivity index is 2.47. The number of hydrogen-bond acceptors (Lipinski definition) is 1. The predicted octanol–water partition coefficient (Wildman–Crippen LogP) is 3.45. The van der Waals surface area contributed by atoms with E-state index in [2.05, 4.69) is 0 Å². The van der Waals surface area contributed by atoms with E-state index in [9.17, 15) is 8.78 Å². The van der Waals surface area contributed by atoms with Crippen LogP contribution in [0.15, 0.2) is 0 Å². The summed E-state index contributed by atoms with van der Waals surface area (Å²) in [5.41, 5.74) is -0.0730. The third kappa shape index (κ3) is 2.03. The molecule has 0 aromatic heterocycles. The fraction of sp³-hybridized carbons (Fsp3) is 1.00. The van der Waals surface area contributed by atoms with E-state index in [4.69, 9.17) is 16.3 Å². The molecule has 1 saturated carbocycles. The van der Waals surface area contributed by atoms with E-state index >= 15 is 0 Å². The second kappa shape index (κ2) is 4.75. The van der Waals surface area contributed by atoms with Gasteiger partial charge in [-0.15, -0.1) is 11.6 Å². The zero-order valence-corrected chi connectivity index (χ0v) is 9.36. The summed E-state index contributed by atoms with van der Waals surface area (Å²) >= 11 is 6.11. The number of alkyl halides is 3. The minimum absolute atomic E-state index is 0.0730.